The number of hydrogen-bond donors (Lipinski definition) is 2. The number of halogens is 1. The molecular formula is C7H8FN3. The molecule has 0 aliphatic carbocycles. The molecule has 1 aromatic rings. The predicted octanol–water partition coefficient (Wildman–Crippen LogP) is 0.835. The van der Waals surface area contributed by atoms with Crippen LogP contribution in [0.15, 0.2) is 18.3 Å². The first-order valence-corrected chi connectivity index (χ1v) is 3.09. The summed E-state index contributed by atoms with van der Waals surface area (Å²) in [6, 6.07) is 3.03. The smallest absolute Gasteiger partial charge is 0.131 e. The van der Waals surface area contributed by atoms with E-state index in [1.54, 1.807) is 6.07 Å². The van der Waals surface area contributed by atoms with Gasteiger partial charge >= 0.3 is 0 Å². The van der Waals surface area contributed by atoms with Crippen LogP contribution in [0.1, 0.15) is 11.3 Å². The Bertz CT molecular complexity index is 272. The fraction of sp³-hybridized carbons (Fsp3) is 0.143. The number of alkyl halides is 1. The van der Waals surface area contributed by atoms with Gasteiger partial charge < -0.3 is 5.73 Å². The van der Waals surface area contributed by atoms with Gasteiger partial charge in [0.2, 0.25) is 0 Å². The van der Waals surface area contributed by atoms with Gasteiger partial charge in [-0.15, -0.1) is 0 Å². The van der Waals surface area contributed by atoms with E-state index in [1.165, 1.54) is 12.3 Å². The van der Waals surface area contributed by atoms with Crippen LogP contribution in [0, 0.1) is 5.41 Å². The lowest BCUT2D eigenvalue weighted by atomic mass is 10.2. The van der Waals surface area contributed by atoms with E-state index in [4.69, 9.17) is 11.1 Å². The van der Waals surface area contributed by atoms with Gasteiger partial charge in [0, 0.05) is 11.8 Å². The van der Waals surface area contributed by atoms with E-state index >= 15 is 0 Å². The zero-order valence-electron chi connectivity index (χ0n) is 5.84. The topological polar surface area (TPSA) is 62.8 Å². The predicted molar refractivity (Wildman–Crippen MR) is 40.1 cm³/mol. The van der Waals surface area contributed by atoms with E-state index in [2.05, 4.69) is 4.98 Å². The Balaban J connectivity index is 3.01. The second-order valence-corrected chi connectivity index (χ2v) is 2.08. The first-order chi connectivity index (χ1) is 5.24. The van der Waals surface area contributed by atoms with Gasteiger partial charge in [-0.05, 0) is 12.1 Å². The molecule has 11 heavy (non-hydrogen) atoms. The molecule has 0 saturated heterocycles. The molecule has 0 spiro atoms. The standard InChI is InChI=1S/C7H8FN3/c8-4-6-3-5(7(9)10)1-2-11-6/h1-3H,4H2,(H3,9,10). The summed E-state index contributed by atoms with van der Waals surface area (Å²) < 4.78 is 12.0. The maximum Gasteiger partial charge on any atom is 0.131 e. The second-order valence-electron chi connectivity index (χ2n) is 2.08. The maximum absolute atomic E-state index is 12.0. The lowest BCUT2D eigenvalue weighted by molar-refractivity contribution is 0.476. The number of amidine groups is 1. The largest absolute Gasteiger partial charge is 0.384 e. The van der Waals surface area contributed by atoms with Crippen molar-refractivity contribution in [1.82, 2.24) is 4.98 Å². The molecule has 0 bridgehead atoms. The van der Waals surface area contributed by atoms with Crippen molar-refractivity contribution in [2.45, 2.75) is 6.67 Å². The number of hydrogen-bond acceptors (Lipinski definition) is 2. The van der Waals surface area contributed by atoms with E-state index in [9.17, 15) is 4.39 Å². The number of rotatable bonds is 2. The summed E-state index contributed by atoms with van der Waals surface area (Å²) in [4.78, 5) is 3.71. The number of aromatic nitrogens is 1. The monoisotopic (exact) mass is 153 g/mol. The van der Waals surface area contributed by atoms with Crippen molar-refractivity contribution in [2.24, 2.45) is 5.73 Å². The second kappa shape index (κ2) is 3.09. The fourth-order valence-electron chi connectivity index (χ4n) is 0.719. The van der Waals surface area contributed by atoms with Crippen molar-refractivity contribution in [3.8, 4) is 0 Å². The first kappa shape index (κ1) is 7.65. The molecular weight excluding hydrogens is 145 g/mol. The molecule has 0 aliphatic rings. The van der Waals surface area contributed by atoms with Gasteiger partial charge in [-0.1, -0.05) is 0 Å². The summed E-state index contributed by atoms with van der Waals surface area (Å²) in [7, 11) is 0. The van der Waals surface area contributed by atoms with Crippen LogP contribution in [-0.4, -0.2) is 10.8 Å². The molecule has 0 amide bonds. The van der Waals surface area contributed by atoms with Gasteiger partial charge in [-0.25, -0.2) is 4.39 Å². The molecule has 0 saturated carbocycles. The van der Waals surface area contributed by atoms with E-state index in [-0.39, 0.29) is 5.84 Å². The Labute approximate surface area is 63.6 Å². The number of nitrogen functional groups attached to an aromatic ring is 1. The van der Waals surface area contributed by atoms with Crippen LogP contribution in [0.5, 0.6) is 0 Å². The Morgan fingerprint density at radius 2 is 2.45 bits per heavy atom. The van der Waals surface area contributed by atoms with Crippen LogP contribution in [0.25, 0.3) is 0 Å². The summed E-state index contributed by atoms with van der Waals surface area (Å²) in [5, 5.41) is 7.03. The average Bonchev–Trinajstić information content (AvgIpc) is 2.05. The highest BCUT2D eigenvalue weighted by Gasteiger charge is 1.97. The lowest BCUT2D eigenvalue weighted by Gasteiger charge is -1.97. The average molecular weight is 153 g/mol. The third-order valence-corrected chi connectivity index (χ3v) is 1.26. The molecule has 0 atom stereocenters. The highest BCUT2D eigenvalue weighted by Crippen LogP contribution is 2.01. The molecule has 1 rings (SSSR count). The molecule has 3 nitrogen and oxygen atoms in total. The third kappa shape index (κ3) is 1.73. The highest BCUT2D eigenvalue weighted by atomic mass is 19.1. The van der Waals surface area contributed by atoms with Gasteiger partial charge in [0.1, 0.15) is 12.5 Å². The quantitative estimate of drug-likeness (QED) is 0.488. The third-order valence-electron chi connectivity index (χ3n) is 1.26. The lowest BCUT2D eigenvalue weighted by Crippen LogP contribution is -2.11. The molecule has 1 heterocycles. The number of pyridine rings is 1. The Kier molecular flexibility index (Phi) is 2.15. The molecule has 0 unspecified atom stereocenters. The minimum atomic E-state index is -0.624. The maximum atomic E-state index is 12.0. The van der Waals surface area contributed by atoms with Gasteiger partial charge in [-0.2, -0.15) is 0 Å². The fourth-order valence-corrected chi connectivity index (χ4v) is 0.719. The van der Waals surface area contributed by atoms with E-state index in [0.717, 1.165) is 0 Å². The SMILES string of the molecule is N=C(N)c1ccnc(CF)c1. The summed E-state index contributed by atoms with van der Waals surface area (Å²) in [6.45, 7) is -0.624. The minimum absolute atomic E-state index is 0.0675. The van der Waals surface area contributed by atoms with E-state index in [1.807, 2.05) is 0 Å². The summed E-state index contributed by atoms with van der Waals surface area (Å²) >= 11 is 0. The molecule has 0 fully saturated rings. The zero-order chi connectivity index (χ0) is 8.27. The van der Waals surface area contributed by atoms with Crippen LogP contribution in [-0.2, 0) is 6.67 Å². The van der Waals surface area contributed by atoms with Gasteiger partial charge in [-0.3, -0.25) is 10.4 Å². The van der Waals surface area contributed by atoms with Crippen molar-refractivity contribution >= 4 is 5.84 Å². The normalized spacial score (nSPS) is 9.55. The Hall–Kier alpha value is -1.45. The Morgan fingerprint density at radius 3 is 3.00 bits per heavy atom. The van der Waals surface area contributed by atoms with Crippen LogP contribution >= 0.6 is 0 Å². The van der Waals surface area contributed by atoms with Crippen LogP contribution in [0.2, 0.25) is 0 Å². The van der Waals surface area contributed by atoms with Crippen molar-refractivity contribution in [3.05, 3.63) is 29.6 Å². The minimum Gasteiger partial charge on any atom is -0.384 e. The molecule has 0 radical (unpaired) electrons. The molecule has 3 N–H and O–H groups in total. The van der Waals surface area contributed by atoms with Crippen molar-refractivity contribution in [2.75, 3.05) is 0 Å². The van der Waals surface area contributed by atoms with Crippen LogP contribution in [0.3, 0.4) is 0 Å². The molecule has 0 aliphatic heterocycles. The van der Waals surface area contributed by atoms with Crippen LogP contribution < -0.4 is 5.73 Å². The van der Waals surface area contributed by atoms with Crippen LogP contribution in [0.4, 0.5) is 4.39 Å². The van der Waals surface area contributed by atoms with E-state index in [0.29, 0.717) is 11.3 Å². The zero-order valence-corrected chi connectivity index (χ0v) is 5.84. The summed E-state index contributed by atoms with van der Waals surface area (Å²) in [5.41, 5.74) is 5.98. The van der Waals surface area contributed by atoms with Crippen molar-refractivity contribution in [3.63, 3.8) is 0 Å². The number of nitrogens with one attached hydrogen (secondary N) is 1. The van der Waals surface area contributed by atoms with Gasteiger partial charge in [0.15, 0.2) is 0 Å². The van der Waals surface area contributed by atoms with Crippen molar-refractivity contribution in [1.29, 1.82) is 5.41 Å². The molecule has 58 valence electrons. The van der Waals surface area contributed by atoms with E-state index < -0.39 is 6.67 Å². The summed E-state index contributed by atoms with van der Waals surface area (Å²) in [6.07, 6.45) is 1.44. The van der Waals surface area contributed by atoms with Gasteiger partial charge in [0.05, 0.1) is 5.69 Å². The highest BCUT2D eigenvalue weighted by molar-refractivity contribution is 5.94. The Morgan fingerprint density at radius 1 is 1.73 bits per heavy atom. The number of nitrogens with two attached hydrogens (primary N) is 1. The van der Waals surface area contributed by atoms with Crippen molar-refractivity contribution < 1.29 is 4.39 Å². The summed E-state index contributed by atoms with van der Waals surface area (Å²) in [5.74, 6) is -0.0675. The molecule has 1 aromatic heterocycles. The number of nitrogens with zero attached hydrogens (tertiary/aromatic N) is 1. The first-order valence-electron chi connectivity index (χ1n) is 3.09. The van der Waals surface area contributed by atoms with Gasteiger partial charge in [0.25, 0.3) is 0 Å². The molecule has 4 heteroatoms. The molecule has 0 aromatic carbocycles.